The summed E-state index contributed by atoms with van der Waals surface area (Å²) in [6.07, 6.45) is 0. The fourth-order valence-electron chi connectivity index (χ4n) is 3.73. The molecule has 168 valence electrons. The first-order valence-electron chi connectivity index (χ1n) is 10.1. The van der Waals surface area contributed by atoms with Crippen LogP contribution in [0.4, 0.5) is 11.6 Å². The van der Waals surface area contributed by atoms with Gasteiger partial charge in [-0.05, 0) is 30.6 Å². The Bertz CT molecular complexity index is 1010. The van der Waals surface area contributed by atoms with Crippen LogP contribution in [-0.2, 0) is 14.8 Å². The summed E-state index contributed by atoms with van der Waals surface area (Å²) < 4.78 is 32.2. The van der Waals surface area contributed by atoms with Crippen molar-refractivity contribution in [1.29, 1.82) is 0 Å². The predicted molar refractivity (Wildman–Crippen MR) is 118 cm³/mol. The molecule has 4 rings (SSSR count). The van der Waals surface area contributed by atoms with E-state index in [9.17, 15) is 13.2 Å². The van der Waals surface area contributed by atoms with Gasteiger partial charge in [-0.15, -0.1) is 21.5 Å². The highest BCUT2D eigenvalue weighted by Gasteiger charge is 2.33. The van der Waals surface area contributed by atoms with E-state index in [4.69, 9.17) is 4.74 Å². The summed E-state index contributed by atoms with van der Waals surface area (Å²) in [5.74, 6) is 0.967. The second-order valence-electron chi connectivity index (χ2n) is 7.54. The summed E-state index contributed by atoms with van der Waals surface area (Å²) in [6, 6.07) is 5.38. The minimum Gasteiger partial charge on any atom is -0.465 e. The summed E-state index contributed by atoms with van der Waals surface area (Å²) in [5, 5.41) is 10.4. The van der Waals surface area contributed by atoms with Crippen molar-refractivity contribution in [3.63, 3.8) is 0 Å². The van der Waals surface area contributed by atoms with E-state index in [2.05, 4.69) is 27.0 Å². The number of ether oxygens (including phenoxy) is 1. The van der Waals surface area contributed by atoms with Crippen LogP contribution in [-0.4, -0.2) is 100 Å². The van der Waals surface area contributed by atoms with Crippen molar-refractivity contribution in [3.05, 3.63) is 28.5 Å². The van der Waals surface area contributed by atoms with Gasteiger partial charge in [-0.2, -0.15) is 4.31 Å². The van der Waals surface area contributed by atoms with Crippen molar-refractivity contribution in [2.75, 3.05) is 76.3 Å². The zero-order valence-corrected chi connectivity index (χ0v) is 19.2. The Morgan fingerprint density at radius 2 is 1.48 bits per heavy atom. The second-order valence-corrected chi connectivity index (χ2v) is 10.4. The lowest BCUT2D eigenvalue weighted by Crippen LogP contribution is -2.49. The first kappa shape index (κ1) is 21.9. The van der Waals surface area contributed by atoms with Gasteiger partial charge in [-0.3, -0.25) is 0 Å². The lowest BCUT2D eigenvalue weighted by atomic mass is 10.3. The number of likely N-dealkylation sites (N-methyl/N-ethyl adjacent to an activating group) is 1. The molecule has 10 nitrogen and oxygen atoms in total. The van der Waals surface area contributed by atoms with Gasteiger partial charge in [0.25, 0.3) is 0 Å². The number of nitrogens with zero attached hydrogens (tertiary/aromatic N) is 6. The monoisotopic (exact) mass is 466 g/mol. The third-order valence-electron chi connectivity index (χ3n) is 5.64. The molecule has 0 spiro atoms. The highest BCUT2D eigenvalue weighted by Crippen LogP contribution is 2.27. The van der Waals surface area contributed by atoms with Crippen molar-refractivity contribution in [2.45, 2.75) is 4.90 Å². The van der Waals surface area contributed by atoms with Gasteiger partial charge in [0.05, 0.1) is 7.11 Å². The molecule has 0 unspecified atom stereocenters. The molecule has 0 aliphatic carbocycles. The van der Waals surface area contributed by atoms with E-state index in [0.29, 0.717) is 26.2 Å². The van der Waals surface area contributed by atoms with E-state index in [1.165, 1.54) is 17.5 Å². The SMILES string of the molecule is COC(=O)c1sccc1S(=O)(=O)N1CCN(c2ccc(N3CCN(C)CC3)nn2)CC1. The zero-order chi connectivity index (χ0) is 22.0. The molecule has 2 aromatic rings. The molecular weight excluding hydrogens is 440 g/mol. The lowest BCUT2D eigenvalue weighted by Gasteiger charge is -2.35. The molecule has 0 amide bonds. The van der Waals surface area contributed by atoms with Crippen molar-refractivity contribution in [1.82, 2.24) is 19.4 Å². The molecule has 2 saturated heterocycles. The number of carbonyl (C=O) groups is 1. The number of esters is 1. The Balaban J connectivity index is 1.39. The molecule has 0 saturated carbocycles. The maximum Gasteiger partial charge on any atom is 0.349 e. The van der Waals surface area contributed by atoms with Crippen LogP contribution < -0.4 is 9.80 Å². The van der Waals surface area contributed by atoms with Crippen LogP contribution in [0.2, 0.25) is 0 Å². The first-order chi connectivity index (χ1) is 14.9. The lowest BCUT2D eigenvalue weighted by molar-refractivity contribution is 0.0602. The number of hydrogen-bond donors (Lipinski definition) is 0. The number of piperazine rings is 2. The van der Waals surface area contributed by atoms with Crippen molar-refractivity contribution < 1.29 is 17.9 Å². The van der Waals surface area contributed by atoms with Crippen LogP contribution in [0.1, 0.15) is 9.67 Å². The van der Waals surface area contributed by atoms with Crippen LogP contribution in [0.5, 0.6) is 0 Å². The van der Waals surface area contributed by atoms with Gasteiger partial charge < -0.3 is 19.4 Å². The van der Waals surface area contributed by atoms with Crippen LogP contribution >= 0.6 is 11.3 Å². The molecule has 0 bridgehead atoms. The average Bonchev–Trinajstić information content (AvgIpc) is 3.30. The molecule has 2 aliphatic heterocycles. The molecule has 4 heterocycles. The Morgan fingerprint density at radius 1 is 0.935 bits per heavy atom. The summed E-state index contributed by atoms with van der Waals surface area (Å²) in [4.78, 5) is 18.6. The number of rotatable bonds is 5. The topological polar surface area (TPSA) is 99.2 Å². The molecule has 0 aromatic carbocycles. The van der Waals surface area contributed by atoms with Crippen LogP contribution in [0.25, 0.3) is 0 Å². The van der Waals surface area contributed by atoms with Gasteiger partial charge in [0.2, 0.25) is 10.0 Å². The van der Waals surface area contributed by atoms with E-state index < -0.39 is 16.0 Å². The molecular formula is C19H26N6O4S2. The predicted octanol–water partition coefficient (Wildman–Crippen LogP) is 0.587. The van der Waals surface area contributed by atoms with Crippen LogP contribution in [0.3, 0.4) is 0 Å². The molecule has 0 N–H and O–H groups in total. The number of anilines is 2. The number of hydrogen-bond acceptors (Lipinski definition) is 10. The van der Waals surface area contributed by atoms with Gasteiger partial charge in [0.15, 0.2) is 11.6 Å². The van der Waals surface area contributed by atoms with Gasteiger partial charge >= 0.3 is 5.97 Å². The maximum absolute atomic E-state index is 13.0. The Kier molecular flexibility index (Phi) is 6.42. The third-order valence-corrected chi connectivity index (χ3v) is 8.61. The average molecular weight is 467 g/mol. The number of carbonyl (C=O) groups excluding carboxylic acids is 1. The molecule has 0 radical (unpaired) electrons. The smallest absolute Gasteiger partial charge is 0.349 e. The maximum atomic E-state index is 13.0. The minimum atomic E-state index is -3.77. The van der Waals surface area contributed by atoms with Gasteiger partial charge in [-0.1, -0.05) is 0 Å². The largest absolute Gasteiger partial charge is 0.465 e. The molecule has 2 fully saturated rings. The van der Waals surface area contributed by atoms with Gasteiger partial charge in [0, 0.05) is 52.4 Å². The quantitative estimate of drug-likeness (QED) is 0.586. The standard InChI is InChI=1S/C19H26N6O4S2/c1-22-6-8-23(9-7-22)16-3-4-17(21-20-16)24-10-12-25(13-11-24)31(27,28)15-5-14-30-18(15)19(26)29-2/h3-5,14H,6-13H2,1-2H3. The van der Waals surface area contributed by atoms with E-state index in [-0.39, 0.29) is 9.77 Å². The summed E-state index contributed by atoms with van der Waals surface area (Å²) in [7, 11) is -0.411. The first-order valence-corrected chi connectivity index (χ1v) is 12.4. The fourth-order valence-corrected chi connectivity index (χ4v) is 6.46. The van der Waals surface area contributed by atoms with E-state index in [0.717, 1.165) is 49.2 Å². The number of thiophene rings is 1. The molecule has 12 heteroatoms. The fraction of sp³-hybridized carbons (Fsp3) is 0.526. The third kappa shape index (κ3) is 4.52. The summed E-state index contributed by atoms with van der Waals surface area (Å²) >= 11 is 1.07. The highest BCUT2D eigenvalue weighted by atomic mass is 32.2. The minimum absolute atomic E-state index is 0.00845. The normalized spacial score (nSPS) is 18.9. The van der Waals surface area contributed by atoms with Crippen molar-refractivity contribution in [2.24, 2.45) is 0 Å². The molecule has 31 heavy (non-hydrogen) atoms. The van der Waals surface area contributed by atoms with Gasteiger partial charge in [0.1, 0.15) is 9.77 Å². The van der Waals surface area contributed by atoms with Crippen molar-refractivity contribution in [3.8, 4) is 0 Å². The van der Waals surface area contributed by atoms with E-state index >= 15 is 0 Å². The van der Waals surface area contributed by atoms with Crippen LogP contribution in [0, 0.1) is 0 Å². The van der Waals surface area contributed by atoms with E-state index in [1.807, 2.05) is 17.0 Å². The Labute approximate surface area is 186 Å². The molecule has 0 atom stereocenters. The Morgan fingerprint density at radius 3 is 2.00 bits per heavy atom. The zero-order valence-electron chi connectivity index (χ0n) is 17.6. The second kappa shape index (κ2) is 9.07. The van der Waals surface area contributed by atoms with Gasteiger partial charge in [-0.25, -0.2) is 13.2 Å². The molecule has 2 aromatic heterocycles. The van der Waals surface area contributed by atoms with Crippen molar-refractivity contribution >= 4 is 39.0 Å². The molecule has 2 aliphatic rings. The number of aromatic nitrogens is 2. The highest BCUT2D eigenvalue weighted by molar-refractivity contribution is 7.89. The summed E-state index contributed by atoms with van der Waals surface area (Å²) in [6.45, 7) is 5.47. The number of sulfonamides is 1. The Hall–Kier alpha value is -2.28. The van der Waals surface area contributed by atoms with Crippen LogP contribution in [0.15, 0.2) is 28.5 Å². The summed E-state index contributed by atoms with van der Waals surface area (Å²) in [5.41, 5.74) is 0. The van der Waals surface area contributed by atoms with E-state index in [1.54, 1.807) is 5.38 Å². The number of methoxy groups -OCH3 is 1.